The van der Waals surface area contributed by atoms with Crippen molar-refractivity contribution in [3.63, 3.8) is 0 Å². The van der Waals surface area contributed by atoms with E-state index in [1.165, 1.54) is 20.8 Å². The topological polar surface area (TPSA) is 288 Å². The number of rotatable bonds is 16. The molecule has 21 heteroatoms. The van der Waals surface area contributed by atoms with Gasteiger partial charge in [0, 0.05) is 32.7 Å². The summed E-state index contributed by atoms with van der Waals surface area (Å²) in [6.07, 6.45) is -6.26. The van der Waals surface area contributed by atoms with E-state index in [-0.39, 0.29) is 32.7 Å². The first-order chi connectivity index (χ1) is 19.5. The summed E-state index contributed by atoms with van der Waals surface area (Å²) >= 11 is 0. The molecule has 3 unspecified atom stereocenters. The number of hydrogen-bond acceptors (Lipinski definition) is 19. The molecule has 0 aliphatic heterocycles. The van der Waals surface area contributed by atoms with Crippen LogP contribution in [0.25, 0.3) is 0 Å². The zero-order chi connectivity index (χ0) is 32.8. The monoisotopic (exact) mass is 703 g/mol. The van der Waals surface area contributed by atoms with Gasteiger partial charge >= 0.3 is 53.7 Å². The van der Waals surface area contributed by atoms with Crippen LogP contribution in [0.5, 0.6) is 0 Å². The number of aliphatic hydroxyl groups excluding tert-OH is 2. The Balaban J connectivity index is -0.000000779. The van der Waals surface area contributed by atoms with Crippen molar-refractivity contribution in [3.8, 4) is 0 Å². The van der Waals surface area contributed by atoms with Gasteiger partial charge in [-0.15, -0.1) is 0 Å². The van der Waals surface area contributed by atoms with Crippen LogP contribution in [0, 0.1) is 0 Å². The molecule has 0 rings (SSSR count). The number of esters is 8. The van der Waals surface area contributed by atoms with Crippen LogP contribution in [-0.4, -0.2) is 115 Å². The van der Waals surface area contributed by atoms with Crippen LogP contribution in [0.1, 0.15) is 40.0 Å². The summed E-state index contributed by atoms with van der Waals surface area (Å²) in [5.41, 5.74) is 0. The van der Waals surface area contributed by atoms with Crippen molar-refractivity contribution in [2.75, 3.05) is 27.5 Å². The van der Waals surface area contributed by atoms with E-state index >= 15 is 0 Å². The van der Waals surface area contributed by atoms with Crippen LogP contribution in [0.3, 0.4) is 0 Å². The molecule has 1 radical (unpaired) electrons. The quantitative estimate of drug-likeness (QED) is 0.0634. The molecular weight excluding hydrogens is 673 g/mol. The van der Waals surface area contributed by atoms with Crippen molar-refractivity contribution in [1.82, 2.24) is 0 Å². The third-order valence-corrected chi connectivity index (χ3v) is 3.77. The largest absolute Gasteiger partial charge is 0.481 e. The molecule has 20 nitrogen and oxygen atoms in total. The van der Waals surface area contributed by atoms with Crippen LogP contribution in [0.4, 0.5) is 0 Å². The Labute approximate surface area is 268 Å². The van der Waals surface area contributed by atoms with Crippen molar-refractivity contribution < 1.29 is 129 Å². The maximum Gasteiger partial charge on any atom is 0.347 e. The first-order valence-corrected chi connectivity index (χ1v) is 11.3. The van der Waals surface area contributed by atoms with E-state index < -0.39 is 112 Å². The van der Waals surface area contributed by atoms with Crippen LogP contribution < -0.4 is 0 Å². The number of carboxylic acids is 1. The summed E-state index contributed by atoms with van der Waals surface area (Å²) < 4.78 is 34.8. The summed E-state index contributed by atoms with van der Waals surface area (Å²) in [5.74, 6) is -9.57. The van der Waals surface area contributed by atoms with Crippen molar-refractivity contribution in [2.24, 2.45) is 0 Å². The maximum absolute atomic E-state index is 11.3. The van der Waals surface area contributed by atoms with Crippen LogP contribution >= 0.6 is 0 Å². The van der Waals surface area contributed by atoms with Crippen LogP contribution in [0.15, 0.2) is 0 Å². The van der Waals surface area contributed by atoms with Gasteiger partial charge < -0.3 is 53.2 Å². The molecular formula is C22H30O20Y. The zero-order valence-electron chi connectivity index (χ0n) is 23.3. The Morgan fingerprint density at radius 3 is 1.28 bits per heavy atom. The molecule has 0 aromatic carbocycles. The first kappa shape index (κ1) is 43.7. The minimum atomic E-state index is -1.43. The number of carbonyl (C=O) groups is 9. The molecule has 0 saturated heterocycles. The van der Waals surface area contributed by atoms with Crippen molar-refractivity contribution in [3.05, 3.63) is 0 Å². The second-order valence-electron chi connectivity index (χ2n) is 7.23. The standard InChI is InChI=1S/C12H14O13.C10H16O7.Y/c13-4-21-9(17)2-10(18)24-6-25-12(20)3-11(19)23-5-22-8(16)1-7(14)15;1-5(11)8(12)16-7(3)10(14)17-6(2)9(13)15-4;/h13H,1-6H2,(H,14,15);5-7,11H,1-4H3;. The molecule has 0 heterocycles. The molecule has 0 aromatic heterocycles. The minimum Gasteiger partial charge on any atom is -0.481 e. The molecule has 0 amide bonds. The van der Waals surface area contributed by atoms with Gasteiger partial charge in [0.15, 0.2) is 19.0 Å². The molecule has 0 aromatic rings. The number of ether oxygens (including phenoxy) is 8. The van der Waals surface area contributed by atoms with Gasteiger partial charge in [-0.05, 0) is 20.8 Å². The van der Waals surface area contributed by atoms with Gasteiger partial charge in [0.2, 0.25) is 13.6 Å². The van der Waals surface area contributed by atoms with Crippen molar-refractivity contribution in [1.29, 1.82) is 0 Å². The van der Waals surface area contributed by atoms with E-state index in [4.69, 9.17) is 15.3 Å². The number of hydrogen-bond donors (Lipinski definition) is 3. The molecule has 43 heavy (non-hydrogen) atoms. The van der Waals surface area contributed by atoms with E-state index in [1.807, 2.05) is 0 Å². The van der Waals surface area contributed by atoms with Crippen molar-refractivity contribution >= 4 is 53.7 Å². The maximum atomic E-state index is 11.3. The summed E-state index contributed by atoms with van der Waals surface area (Å²) in [4.78, 5) is 98.4. The minimum absolute atomic E-state index is 0. The van der Waals surface area contributed by atoms with Gasteiger partial charge in [0.25, 0.3) is 0 Å². The molecule has 3 N–H and O–H groups in total. The Kier molecular flexibility index (Phi) is 25.2. The first-order valence-electron chi connectivity index (χ1n) is 11.3. The molecule has 0 spiro atoms. The molecule has 0 aliphatic rings. The van der Waals surface area contributed by atoms with E-state index in [0.717, 1.165) is 7.11 Å². The average molecular weight is 703 g/mol. The molecule has 0 fully saturated rings. The SMILES string of the molecule is COC(=O)C(C)OC(=O)C(C)OC(=O)C(C)O.O=C(O)CC(=O)OCOC(=O)CC(=O)OCOC(=O)CC(=O)OCO.[Y]. The van der Waals surface area contributed by atoms with E-state index in [9.17, 15) is 43.2 Å². The predicted molar refractivity (Wildman–Crippen MR) is 124 cm³/mol. The van der Waals surface area contributed by atoms with E-state index in [2.05, 4.69) is 37.9 Å². The summed E-state index contributed by atoms with van der Waals surface area (Å²) in [7, 11) is 1.16. The number of carboxylic acid groups (broad SMARTS) is 1. The fourth-order valence-corrected chi connectivity index (χ4v) is 1.81. The third-order valence-electron chi connectivity index (χ3n) is 3.77. The molecule has 241 valence electrons. The van der Waals surface area contributed by atoms with Gasteiger partial charge in [-0.25, -0.2) is 14.4 Å². The van der Waals surface area contributed by atoms with Gasteiger partial charge in [-0.1, -0.05) is 0 Å². The summed E-state index contributed by atoms with van der Waals surface area (Å²) in [6.45, 7) is 1.12. The van der Waals surface area contributed by atoms with Gasteiger partial charge in [-0.2, -0.15) is 0 Å². The van der Waals surface area contributed by atoms with E-state index in [0.29, 0.717) is 0 Å². The Bertz CT molecular complexity index is 976. The van der Waals surface area contributed by atoms with Crippen LogP contribution in [-0.2, 0) is 114 Å². The second-order valence-corrected chi connectivity index (χ2v) is 7.23. The number of aliphatic carboxylic acids is 1. The fourth-order valence-electron chi connectivity index (χ4n) is 1.81. The molecule has 0 saturated carbocycles. The fraction of sp³-hybridized carbons (Fsp3) is 0.591. The van der Waals surface area contributed by atoms with Gasteiger partial charge in [0.1, 0.15) is 25.4 Å². The van der Waals surface area contributed by atoms with Crippen molar-refractivity contribution in [2.45, 2.75) is 58.3 Å². The molecule has 0 bridgehead atoms. The third kappa shape index (κ3) is 24.6. The summed E-state index contributed by atoms with van der Waals surface area (Å²) in [5, 5.41) is 25.4. The summed E-state index contributed by atoms with van der Waals surface area (Å²) in [6, 6.07) is 0. The molecule has 3 atom stereocenters. The van der Waals surface area contributed by atoms with Gasteiger partial charge in [-0.3, -0.25) is 28.8 Å². The Morgan fingerprint density at radius 2 is 0.930 bits per heavy atom. The average Bonchev–Trinajstić information content (AvgIpc) is 2.87. The second kappa shape index (κ2) is 24.8. The Hall–Kier alpha value is -3.75. The zero-order valence-corrected chi connectivity index (χ0v) is 26.2. The Morgan fingerprint density at radius 1 is 0.581 bits per heavy atom. The van der Waals surface area contributed by atoms with E-state index in [1.54, 1.807) is 0 Å². The predicted octanol–water partition coefficient (Wildman–Crippen LogP) is -2.78. The number of aliphatic hydroxyl groups is 2. The normalized spacial score (nSPS) is 11.6. The molecule has 0 aliphatic carbocycles. The number of carbonyl (C=O) groups excluding carboxylic acids is 8. The smallest absolute Gasteiger partial charge is 0.347 e. The number of methoxy groups -OCH3 is 1. The van der Waals surface area contributed by atoms with Crippen LogP contribution in [0.2, 0.25) is 0 Å². The van der Waals surface area contributed by atoms with Gasteiger partial charge in [0.05, 0.1) is 7.11 Å².